The molecule has 0 fully saturated rings. The van der Waals surface area contributed by atoms with E-state index in [9.17, 15) is 0 Å². The number of aliphatic hydroxyl groups excluding tert-OH is 1. The van der Waals surface area contributed by atoms with Gasteiger partial charge < -0.3 is 5.11 Å². The number of pyridine rings is 1. The van der Waals surface area contributed by atoms with Gasteiger partial charge in [0.2, 0.25) is 0 Å². The Morgan fingerprint density at radius 3 is 3.00 bits per heavy atom. The second-order valence-electron chi connectivity index (χ2n) is 1.79. The van der Waals surface area contributed by atoms with Gasteiger partial charge in [0, 0.05) is 12.4 Å². The molecule has 0 saturated carbocycles. The van der Waals surface area contributed by atoms with Gasteiger partial charge in [0.15, 0.2) is 0 Å². The molecule has 0 aliphatic heterocycles. The average Bonchev–Trinajstić information content (AvgIpc) is 2.05. The van der Waals surface area contributed by atoms with Crippen LogP contribution in [0.3, 0.4) is 0 Å². The van der Waals surface area contributed by atoms with Crippen LogP contribution < -0.4 is 0 Å². The predicted octanol–water partition coefficient (Wildman–Crippen LogP) is 0.992. The fraction of sp³-hybridized carbons (Fsp3) is 0.143. The van der Waals surface area contributed by atoms with Crippen molar-refractivity contribution < 1.29 is 5.11 Å². The van der Waals surface area contributed by atoms with Crippen LogP contribution in [0.25, 0.3) is 4.85 Å². The van der Waals surface area contributed by atoms with Crippen molar-refractivity contribution in [3.05, 3.63) is 41.5 Å². The van der Waals surface area contributed by atoms with Gasteiger partial charge in [0.05, 0.1) is 5.56 Å². The smallest absolute Gasteiger partial charge is 0.322 e. The molecule has 0 aliphatic rings. The Morgan fingerprint density at radius 1 is 1.70 bits per heavy atom. The molecule has 1 heterocycles. The minimum absolute atomic E-state index is 0.539. The van der Waals surface area contributed by atoms with E-state index >= 15 is 0 Å². The van der Waals surface area contributed by atoms with Crippen LogP contribution in [0.1, 0.15) is 11.8 Å². The number of aromatic nitrogens is 1. The fourth-order valence-electron chi connectivity index (χ4n) is 0.603. The van der Waals surface area contributed by atoms with Crippen molar-refractivity contribution in [3.8, 4) is 0 Å². The Kier molecular flexibility index (Phi) is 1.98. The summed E-state index contributed by atoms with van der Waals surface area (Å²) in [5.74, 6) is 0. The quantitative estimate of drug-likeness (QED) is 0.581. The Balaban J connectivity index is 2.88. The molecular formula is C7H6N2O. The summed E-state index contributed by atoms with van der Waals surface area (Å²) in [6.45, 7) is 6.49. The number of nitrogens with zero attached hydrogens (tertiary/aromatic N) is 2. The summed E-state index contributed by atoms with van der Waals surface area (Å²) < 4.78 is 0. The summed E-state index contributed by atoms with van der Waals surface area (Å²) in [7, 11) is 0. The Morgan fingerprint density at radius 2 is 2.50 bits per heavy atom. The minimum atomic E-state index is -1.06. The third-order valence-electron chi connectivity index (χ3n) is 1.10. The van der Waals surface area contributed by atoms with E-state index in [2.05, 4.69) is 9.83 Å². The number of hydrogen-bond donors (Lipinski definition) is 1. The van der Waals surface area contributed by atoms with Gasteiger partial charge in [-0.1, -0.05) is 0 Å². The van der Waals surface area contributed by atoms with E-state index in [0.29, 0.717) is 5.56 Å². The maximum atomic E-state index is 8.94. The van der Waals surface area contributed by atoms with Gasteiger partial charge in [-0.25, -0.2) is 6.57 Å². The van der Waals surface area contributed by atoms with Crippen molar-refractivity contribution in [2.45, 2.75) is 6.23 Å². The maximum Gasteiger partial charge on any atom is 0.353 e. The highest BCUT2D eigenvalue weighted by Gasteiger charge is 2.08. The summed E-state index contributed by atoms with van der Waals surface area (Å²) in [6.07, 6.45) is 2.01. The van der Waals surface area contributed by atoms with Crippen molar-refractivity contribution >= 4 is 0 Å². The Labute approximate surface area is 58.8 Å². The van der Waals surface area contributed by atoms with Crippen molar-refractivity contribution in [2.75, 3.05) is 0 Å². The first-order chi connectivity index (χ1) is 4.84. The summed E-state index contributed by atoms with van der Waals surface area (Å²) in [5.41, 5.74) is 0.539. The maximum absolute atomic E-state index is 8.94. The number of rotatable bonds is 1. The zero-order valence-electron chi connectivity index (χ0n) is 5.23. The lowest BCUT2D eigenvalue weighted by Gasteiger charge is -1.94. The van der Waals surface area contributed by atoms with E-state index in [1.165, 1.54) is 6.20 Å². The molecule has 0 amide bonds. The van der Waals surface area contributed by atoms with Gasteiger partial charge in [0.1, 0.15) is 0 Å². The van der Waals surface area contributed by atoms with Crippen LogP contribution in [0.4, 0.5) is 0 Å². The van der Waals surface area contributed by atoms with Crippen LogP contribution in [-0.4, -0.2) is 10.1 Å². The fourth-order valence-corrected chi connectivity index (χ4v) is 0.603. The monoisotopic (exact) mass is 134 g/mol. The number of hydrogen-bond acceptors (Lipinski definition) is 2. The van der Waals surface area contributed by atoms with Crippen LogP contribution in [0.15, 0.2) is 24.5 Å². The zero-order valence-corrected chi connectivity index (χ0v) is 5.23. The minimum Gasteiger partial charge on any atom is -0.322 e. The molecule has 1 rings (SSSR count). The Hall–Kier alpha value is -1.40. The van der Waals surface area contributed by atoms with E-state index in [4.69, 9.17) is 11.7 Å². The molecule has 0 bridgehead atoms. The van der Waals surface area contributed by atoms with Gasteiger partial charge in [-0.3, -0.25) is 9.83 Å². The molecule has 1 aromatic heterocycles. The molecule has 0 aromatic carbocycles. The third-order valence-corrected chi connectivity index (χ3v) is 1.10. The molecule has 1 aromatic rings. The average molecular weight is 134 g/mol. The molecule has 1 N–H and O–H groups in total. The summed E-state index contributed by atoms with van der Waals surface area (Å²) in [6, 6.07) is 3.35. The van der Waals surface area contributed by atoms with Crippen molar-refractivity contribution in [1.82, 2.24) is 4.98 Å². The third kappa shape index (κ3) is 1.30. The highest BCUT2D eigenvalue weighted by molar-refractivity contribution is 5.13. The van der Waals surface area contributed by atoms with E-state index < -0.39 is 6.23 Å². The number of aliphatic hydroxyl groups is 1. The molecular weight excluding hydrogens is 128 g/mol. The van der Waals surface area contributed by atoms with Crippen LogP contribution in [0.5, 0.6) is 0 Å². The van der Waals surface area contributed by atoms with Crippen LogP contribution in [0, 0.1) is 6.57 Å². The van der Waals surface area contributed by atoms with E-state index in [1.54, 1.807) is 18.3 Å². The highest BCUT2D eigenvalue weighted by Crippen LogP contribution is 2.10. The first kappa shape index (κ1) is 6.72. The highest BCUT2D eigenvalue weighted by atomic mass is 16.3. The topological polar surface area (TPSA) is 37.5 Å². The molecule has 0 saturated heterocycles. The van der Waals surface area contributed by atoms with Crippen molar-refractivity contribution in [1.29, 1.82) is 0 Å². The molecule has 0 aliphatic carbocycles. The SMILES string of the molecule is [C-]#[N+]C(O)c1cccnc1. The second-order valence-corrected chi connectivity index (χ2v) is 1.79. The van der Waals surface area contributed by atoms with Gasteiger partial charge in [-0.2, -0.15) is 0 Å². The van der Waals surface area contributed by atoms with Crippen molar-refractivity contribution in [2.24, 2.45) is 0 Å². The lowest BCUT2D eigenvalue weighted by Crippen LogP contribution is -1.89. The summed E-state index contributed by atoms with van der Waals surface area (Å²) in [5, 5.41) is 8.94. The van der Waals surface area contributed by atoms with Gasteiger partial charge in [-0.15, -0.1) is 0 Å². The van der Waals surface area contributed by atoms with Crippen LogP contribution in [-0.2, 0) is 0 Å². The van der Waals surface area contributed by atoms with Gasteiger partial charge in [0.25, 0.3) is 0 Å². The van der Waals surface area contributed by atoms with Gasteiger partial charge in [-0.05, 0) is 12.1 Å². The molecule has 3 heteroatoms. The zero-order chi connectivity index (χ0) is 7.40. The first-order valence-electron chi connectivity index (χ1n) is 2.79. The van der Waals surface area contributed by atoms with Crippen LogP contribution >= 0.6 is 0 Å². The lowest BCUT2D eigenvalue weighted by atomic mass is 10.3. The van der Waals surface area contributed by atoms with E-state index in [-0.39, 0.29) is 0 Å². The lowest BCUT2D eigenvalue weighted by molar-refractivity contribution is 0.226. The molecule has 3 nitrogen and oxygen atoms in total. The standard InChI is InChI=1S/C7H6N2O/c1-8-7(10)6-3-2-4-9-5-6/h2-5,7,10H. The molecule has 0 radical (unpaired) electrons. The second kappa shape index (κ2) is 2.95. The summed E-state index contributed by atoms with van der Waals surface area (Å²) >= 11 is 0. The van der Waals surface area contributed by atoms with E-state index in [1.807, 2.05) is 0 Å². The first-order valence-corrected chi connectivity index (χ1v) is 2.79. The molecule has 0 spiro atoms. The summed E-state index contributed by atoms with van der Waals surface area (Å²) in [4.78, 5) is 6.67. The van der Waals surface area contributed by atoms with E-state index in [0.717, 1.165) is 0 Å². The normalized spacial score (nSPS) is 12.0. The van der Waals surface area contributed by atoms with Crippen molar-refractivity contribution in [3.63, 3.8) is 0 Å². The van der Waals surface area contributed by atoms with Crippen LogP contribution in [0.2, 0.25) is 0 Å². The molecule has 10 heavy (non-hydrogen) atoms. The molecule has 1 atom stereocenters. The molecule has 50 valence electrons. The molecule has 1 unspecified atom stereocenters. The predicted molar refractivity (Wildman–Crippen MR) is 35.8 cm³/mol. The largest absolute Gasteiger partial charge is 0.353 e. The Bertz CT molecular complexity index is 240. The van der Waals surface area contributed by atoms with Gasteiger partial charge >= 0.3 is 6.23 Å².